The SMILES string of the molecule is CSC(=Nc1ccc(-c2nc(C)no2)cc1)NC#N. The van der Waals surface area contributed by atoms with E-state index >= 15 is 0 Å². The van der Waals surface area contributed by atoms with E-state index in [9.17, 15) is 0 Å². The molecule has 1 N–H and O–H groups in total. The molecule has 2 aromatic rings. The van der Waals surface area contributed by atoms with E-state index in [2.05, 4.69) is 20.4 Å². The second-order valence-corrected chi connectivity index (χ2v) is 4.35. The number of hydrogen-bond acceptors (Lipinski definition) is 6. The van der Waals surface area contributed by atoms with Crippen molar-refractivity contribution in [1.29, 1.82) is 5.26 Å². The Morgan fingerprint density at radius 1 is 1.42 bits per heavy atom. The number of nitriles is 1. The van der Waals surface area contributed by atoms with E-state index in [0.29, 0.717) is 16.9 Å². The lowest BCUT2D eigenvalue weighted by molar-refractivity contribution is 0.425. The zero-order valence-electron chi connectivity index (χ0n) is 10.4. The predicted octanol–water partition coefficient (Wildman–Crippen LogP) is 2.47. The lowest BCUT2D eigenvalue weighted by Gasteiger charge is -2.00. The summed E-state index contributed by atoms with van der Waals surface area (Å²) in [5.41, 5.74) is 1.57. The molecule has 6 nitrogen and oxygen atoms in total. The lowest BCUT2D eigenvalue weighted by Crippen LogP contribution is -2.12. The minimum atomic E-state index is 0.480. The molecule has 0 aliphatic heterocycles. The largest absolute Gasteiger partial charge is 0.334 e. The van der Waals surface area contributed by atoms with Gasteiger partial charge in [-0.1, -0.05) is 16.9 Å². The molecular weight excluding hydrogens is 262 g/mol. The number of nitrogens with zero attached hydrogens (tertiary/aromatic N) is 4. The first kappa shape index (κ1) is 13.1. The molecule has 96 valence electrons. The molecule has 1 heterocycles. The number of aliphatic imine (C=N–C) groups is 1. The van der Waals surface area contributed by atoms with Crippen molar-refractivity contribution in [3.63, 3.8) is 0 Å². The maximum atomic E-state index is 8.56. The fourth-order valence-electron chi connectivity index (χ4n) is 1.38. The number of thioether (sulfide) groups is 1. The van der Waals surface area contributed by atoms with Crippen LogP contribution in [0.15, 0.2) is 33.8 Å². The van der Waals surface area contributed by atoms with Crippen molar-refractivity contribution in [3.05, 3.63) is 30.1 Å². The highest BCUT2D eigenvalue weighted by Crippen LogP contribution is 2.21. The quantitative estimate of drug-likeness (QED) is 0.391. The normalized spacial score (nSPS) is 11.1. The van der Waals surface area contributed by atoms with Gasteiger partial charge in [0.15, 0.2) is 17.2 Å². The second kappa shape index (κ2) is 6.02. The molecule has 1 aromatic carbocycles. The van der Waals surface area contributed by atoms with E-state index < -0.39 is 0 Å². The number of rotatable bonds is 2. The number of aromatic nitrogens is 2. The molecule has 0 spiro atoms. The number of nitrogens with one attached hydrogen (secondary N) is 1. The summed E-state index contributed by atoms with van der Waals surface area (Å²) in [6, 6.07) is 7.33. The van der Waals surface area contributed by atoms with Gasteiger partial charge >= 0.3 is 0 Å². The van der Waals surface area contributed by atoms with E-state index in [1.165, 1.54) is 11.8 Å². The van der Waals surface area contributed by atoms with E-state index in [1.54, 1.807) is 6.92 Å². The summed E-state index contributed by atoms with van der Waals surface area (Å²) >= 11 is 1.37. The van der Waals surface area contributed by atoms with Gasteiger partial charge in [0, 0.05) is 5.56 Å². The molecule has 0 aliphatic carbocycles. The first-order valence-corrected chi connectivity index (χ1v) is 6.64. The van der Waals surface area contributed by atoms with Crippen LogP contribution in [0.25, 0.3) is 11.5 Å². The highest BCUT2D eigenvalue weighted by atomic mass is 32.2. The fourth-order valence-corrected chi connectivity index (χ4v) is 1.73. The van der Waals surface area contributed by atoms with Crippen molar-refractivity contribution < 1.29 is 4.52 Å². The van der Waals surface area contributed by atoms with Crippen molar-refractivity contribution in [2.45, 2.75) is 6.92 Å². The fraction of sp³-hybridized carbons (Fsp3) is 0.167. The molecule has 2 rings (SSSR count). The Morgan fingerprint density at radius 2 is 2.16 bits per heavy atom. The van der Waals surface area contributed by atoms with Crippen molar-refractivity contribution >= 4 is 22.6 Å². The van der Waals surface area contributed by atoms with Gasteiger partial charge in [-0.2, -0.15) is 10.2 Å². The number of amidine groups is 1. The van der Waals surface area contributed by atoms with Crippen LogP contribution in [0.4, 0.5) is 5.69 Å². The van der Waals surface area contributed by atoms with Crippen LogP contribution in [-0.2, 0) is 0 Å². The van der Waals surface area contributed by atoms with Gasteiger partial charge in [0.25, 0.3) is 5.89 Å². The molecule has 0 amide bonds. The van der Waals surface area contributed by atoms with E-state index in [0.717, 1.165) is 11.3 Å². The molecule has 0 fully saturated rings. The van der Waals surface area contributed by atoms with Crippen LogP contribution in [0, 0.1) is 18.4 Å². The van der Waals surface area contributed by atoms with Gasteiger partial charge in [0.05, 0.1) is 5.69 Å². The average Bonchev–Trinajstić information content (AvgIpc) is 2.86. The summed E-state index contributed by atoms with van der Waals surface area (Å²) in [7, 11) is 0. The molecule has 0 bridgehead atoms. The Morgan fingerprint density at radius 3 is 2.68 bits per heavy atom. The number of hydrogen-bond donors (Lipinski definition) is 1. The molecule has 0 unspecified atom stereocenters. The Kier molecular flexibility index (Phi) is 4.15. The third-order valence-corrected chi connectivity index (χ3v) is 2.81. The summed E-state index contributed by atoms with van der Waals surface area (Å²) < 4.78 is 5.07. The monoisotopic (exact) mass is 273 g/mol. The van der Waals surface area contributed by atoms with E-state index in [1.807, 2.05) is 36.7 Å². The van der Waals surface area contributed by atoms with Gasteiger partial charge in [-0.3, -0.25) is 5.32 Å². The van der Waals surface area contributed by atoms with Crippen LogP contribution in [0.3, 0.4) is 0 Å². The Hall–Kier alpha value is -2.33. The smallest absolute Gasteiger partial charge is 0.257 e. The third-order valence-electron chi connectivity index (χ3n) is 2.23. The average molecular weight is 273 g/mol. The van der Waals surface area contributed by atoms with Gasteiger partial charge in [-0.15, -0.1) is 0 Å². The van der Waals surface area contributed by atoms with Gasteiger partial charge in [-0.25, -0.2) is 4.99 Å². The molecule has 0 saturated heterocycles. The minimum Gasteiger partial charge on any atom is -0.334 e. The van der Waals surface area contributed by atoms with Gasteiger partial charge in [0.1, 0.15) is 0 Å². The first-order chi connectivity index (χ1) is 9.22. The zero-order valence-corrected chi connectivity index (χ0v) is 11.2. The molecule has 7 heteroatoms. The highest BCUT2D eigenvalue weighted by molar-refractivity contribution is 8.13. The zero-order chi connectivity index (χ0) is 13.7. The molecule has 0 saturated carbocycles. The second-order valence-electron chi connectivity index (χ2n) is 3.55. The van der Waals surface area contributed by atoms with E-state index in [-0.39, 0.29) is 0 Å². The van der Waals surface area contributed by atoms with Crippen LogP contribution in [0.5, 0.6) is 0 Å². The van der Waals surface area contributed by atoms with E-state index in [4.69, 9.17) is 9.78 Å². The third kappa shape index (κ3) is 3.33. The Bertz CT molecular complexity index is 626. The topological polar surface area (TPSA) is 87.1 Å². The summed E-state index contributed by atoms with van der Waals surface area (Å²) in [5, 5.41) is 15.3. The lowest BCUT2D eigenvalue weighted by atomic mass is 10.2. The Balaban J connectivity index is 2.21. The minimum absolute atomic E-state index is 0.480. The van der Waals surface area contributed by atoms with Crippen molar-refractivity contribution in [2.24, 2.45) is 4.99 Å². The van der Waals surface area contributed by atoms with Gasteiger partial charge in [-0.05, 0) is 37.4 Å². The van der Waals surface area contributed by atoms with Crippen molar-refractivity contribution in [2.75, 3.05) is 6.26 Å². The van der Waals surface area contributed by atoms with Crippen LogP contribution >= 0.6 is 11.8 Å². The van der Waals surface area contributed by atoms with Gasteiger partial charge < -0.3 is 4.52 Å². The van der Waals surface area contributed by atoms with Crippen LogP contribution < -0.4 is 5.32 Å². The molecule has 19 heavy (non-hydrogen) atoms. The van der Waals surface area contributed by atoms with Crippen LogP contribution in [0.1, 0.15) is 5.82 Å². The van der Waals surface area contributed by atoms with Crippen molar-refractivity contribution in [3.8, 4) is 17.6 Å². The maximum Gasteiger partial charge on any atom is 0.257 e. The summed E-state index contributed by atoms with van der Waals surface area (Å²) in [5.74, 6) is 1.08. The summed E-state index contributed by atoms with van der Waals surface area (Å²) in [4.78, 5) is 8.43. The number of benzene rings is 1. The molecule has 0 radical (unpaired) electrons. The molecule has 0 aliphatic rings. The standard InChI is InChI=1S/C12H11N5OS/c1-8-15-11(18-17-8)9-3-5-10(6-4-9)16-12(19-2)14-7-13/h3-6H,1-2H3,(H,14,16). The van der Waals surface area contributed by atoms with Crippen LogP contribution in [-0.4, -0.2) is 21.6 Å². The maximum absolute atomic E-state index is 8.56. The Labute approximate surface area is 114 Å². The predicted molar refractivity (Wildman–Crippen MR) is 73.8 cm³/mol. The first-order valence-electron chi connectivity index (χ1n) is 5.41. The van der Waals surface area contributed by atoms with Gasteiger partial charge in [0.2, 0.25) is 0 Å². The summed E-state index contributed by atoms with van der Waals surface area (Å²) in [6.45, 7) is 1.77. The molecule has 1 aromatic heterocycles. The number of aryl methyl sites for hydroxylation is 1. The summed E-state index contributed by atoms with van der Waals surface area (Å²) in [6.07, 6.45) is 3.69. The molecule has 0 atom stereocenters. The van der Waals surface area contributed by atoms with Crippen LogP contribution in [0.2, 0.25) is 0 Å². The molecular formula is C12H11N5OS. The highest BCUT2D eigenvalue weighted by Gasteiger charge is 2.05. The van der Waals surface area contributed by atoms with Crippen molar-refractivity contribution in [1.82, 2.24) is 15.5 Å².